The standard InChI is InChI=1S/C24H28N2O5/c1-12-21(29-2)15-10-17-20-14-8-6-5-7-13(14)9-16(25-20)24(28)26(17)18(11-27)19(15)23(31-4)22(12)30-3/h5-8,16-18,20,25,27H,9-11H2,1-4H3/t16-,17-,18-,20+/m0/s1. The van der Waals surface area contributed by atoms with Gasteiger partial charge in [-0.15, -0.1) is 0 Å². The van der Waals surface area contributed by atoms with Crippen molar-refractivity contribution in [3.8, 4) is 17.2 Å². The summed E-state index contributed by atoms with van der Waals surface area (Å²) < 4.78 is 17.2. The van der Waals surface area contributed by atoms with Gasteiger partial charge < -0.3 is 24.2 Å². The minimum Gasteiger partial charge on any atom is -0.496 e. The molecule has 3 aliphatic heterocycles. The van der Waals surface area contributed by atoms with Gasteiger partial charge in [0.05, 0.1) is 52.1 Å². The fourth-order valence-electron chi connectivity index (χ4n) is 5.88. The van der Waals surface area contributed by atoms with E-state index in [1.807, 2.05) is 24.0 Å². The number of rotatable bonds is 4. The monoisotopic (exact) mass is 424 g/mol. The van der Waals surface area contributed by atoms with Gasteiger partial charge in [-0.05, 0) is 30.9 Å². The average Bonchev–Trinajstić information content (AvgIpc) is 2.80. The van der Waals surface area contributed by atoms with Crippen LogP contribution in [0.5, 0.6) is 17.2 Å². The molecular weight excluding hydrogens is 396 g/mol. The van der Waals surface area contributed by atoms with Crippen molar-refractivity contribution in [3.63, 3.8) is 0 Å². The summed E-state index contributed by atoms with van der Waals surface area (Å²) in [6, 6.07) is 7.34. The Labute approximate surface area is 181 Å². The number of carbonyl (C=O) groups is 1. The van der Waals surface area contributed by atoms with E-state index in [9.17, 15) is 9.90 Å². The third-order valence-corrected chi connectivity index (χ3v) is 7.09. The van der Waals surface area contributed by atoms with Gasteiger partial charge >= 0.3 is 0 Å². The molecule has 4 atom stereocenters. The molecule has 0 radical (unpaired) electrons. The summed E-state index contributed by atoms with van der Waals surface area (Å²) in [5.74, 6) is 1.87. The van der Waals surface area contributed by atoms with Crippen molar-refractivity contribution in [3.05, 3.63) is 52.1 Å². The highest BCUT2D eigenvalue weighted by molar-refractivity contribution is 5.86. The molecule has 7 nitrogen and oxygen atoms in total. The van der Waals surface area contributed by atoms with E-state index in [1.165, 1.54) is 11.1 Å². The highest BCUT2D eigenvalue weighted by Gasteiger charge is 2.52. The van der Waals surface area contributed by atoms with Crippen LogP contribution in [0, 0.1) is 6.92 Å². The molecule has 2 N–H and O–H groups in total. The summed E-state index contributed by atoms with van der Waals surface area (Å²) in [5, 5.41) is 14.1. The fourth-order valence-corrected chi connectivity index (χ4v) is 5.88. The van der Waals surface area contributed by atoms with E-state index in [4.69, 9.17) is 14.2 Å². The summed E-state index contributed by atoms with van der Waals surface area (Å²) in [4.78, 5) is 15.5. The first kappa shape index (κ1) is 20.2. The van der Waals surface area contributed by atoms with Crippen LogP contribution < -0.4 is 19.5 Å². The highest BCUT2D eigenvalue weighted by atomic mass is 16.5. The number of benzene rings is 2. The first-order valence-corrected chi connectivity index (χ1v) is 10.6. The van der Waals surface area contributed by atoms with Crippen LogP contribution in [0.2, 0.25) is 0 Å². The molecule has 2 aromatic carbocycles. The molecule has 5 rings (SSSR count). The number of piperazine rings is 1. The molecule has 2 bridgehead atoms. The van der Waals surface area contributed by atoms with Crippen LogP contribution in [-0.2, 0) is 17.6 Å². The largest absolute Gasteiger partial charge is 0.496 e. The summed E-state index contributed by atoms with van der Waals surface area (Å²) in [6.07, 6.45) is 1.25. The summed E-state index contributed by atoms with van der Waals surface area (Å²) in [6.45, 7) is 1.74. The van der Waals surface area contributed by atoms with Crippen molar-refractivity contribution < 1.29 is 24.1 Å². The van der Waals surface area contributed by atoms with E-state index >= 15 is 0 Å². The molecule has 0 aliphatic carbocycles. The molecule has 0 aromatic heterocycles. The van der Waals surface area contributed by atoms with Crippen molar-refractivity contribution in [2.45, 2.75) is 43.9 Å². The lowest BCUT2D eigenvalue weighted by atomic mass is 9.75. The van der Waals surface area contributed by atoms with Gasteiger partial charge in [0.15, 0.2) is 11.5 Å². The van der Waals surface area contributed by atoms with Crippen LogP contribution in [0.25, 0.3) is 0 Å². The lowest BCUT2D eigenvalue weighted by Gasteiger charge is -2.53. The fraction of sp³-hybridized carbons (Fsp3) is 0.458. The zero-order valence-electron chi connectivity index (χ0n) is 18.3. The zero-order valence-corrected chi connectivity index (χ0v) is 18.3. The highest BCUT2D eigenvalue weighted by Crippen LogP contribution is 2.53. The van der Waals surface area contributed by atoms with Gasteiger partial charge in [-0.2, -0.15) is 0 Å². The van der Waals surface area contributed by atoms with E-state index < -0.39 is 6.04 Å². The number of nitrogens with one attached hydrogen (secondary N) is 1. The topological polar surface area (TPSA) is 80.3 Å². The minimum atomic E-state index is -0.531. The summed E-state index contributed by atoms with van der Waals surface area (Å²) >= 11 is 0. The Bertz CT molecular complexity index is 1050. The van der Waals surface area contributed by atoms with Crippen LogP contribution in [0.3, 0.4) is 0 Å². The number of aliphatic hydroxyl groups is 1. The van der Waals surface area contributed by atoms with E-state index in [-0.39, 0.29) is 30.6 Å². The number of carbonyl (C=O) groups excluding carboxylic acids is 1. The van der Waals surface area contributed by atoms with Crippen LogP contribution in [-0.4, -0.2) is 55.9 Å². The van der Waals surface area contributed by atoms with Crippen molar-refractivity contribution in [1.29, 1.82) is 0 Å². The normalized spacial score (nSPS) is 26.0. The molecule has 3 heterocycles. The molecule has 0 unspecified atom stereocenters. The molecule has 31 heavy (non-hydrogen) atoms. The molecular formula is C24H28N2O5. The third-order valence-electron chi connectivity index (χ3n) is 7.09. The van der Waals surface area contributed by atoms with Gasteiger partial charge in [0.1, 0.15) is 5.75 Å². The molecule has 0 spiro atoms. The Hall–Kier alpha value is -2.77. The maximum Gasteiger partial charge on any atom is 0.240 e. The van der Waals surface area contributed by atoms with Crippen LogP contribution in [0.4, 0.5) is 0 Å². The van der Waals surface area contributed by atoms with Gasteiger partial charge in [0.2, 0.25) is 5.91 Å². The van der Waals surface area contributed by atoms with Gasteiger partial charge in [-0.1, -0.05) is 24.3 Å². The summed E-state index contributed by atoms with van der Waals surface area (Å²) in [5.41, 5.74) is 5.03. The second-order valence-electron chi connectivity index (χ2n) is 8.43. The molecule has 1 amide bonds. The number of nitrogens with zero attached hydrogens (tertiary/aromatic N) is 1. The molecule has 0 saturated carbocycles. The van der Waals surface area contributed by atoms with Gasteiger partial charge in [-0.25, -0.2) is 0 Å². The lowest BCUT2D eigenvalue weighted by molar-refractivity contribution is -0.147. The number of hydrogen-bond acceptors (Lipinski definition) is 6. The number of aliphatic hydroxyl groups excluding tert-OH is 1. The summed E-state index contributed by atoms with van der Waals surface area (Å²) in [7, 11) is 4.83. The van der Waals surface area contributed by atoms with E-state index in [2.05, 4.69) is 17.4 Å². The molecule has 164 valence electrons. The van der Waals surface area contributed by atoms with Crippen LogP contribution >= 0.6 is 0 Å². The van der Waals surface area contributed by atoms with Crippen molar-refractivity contribution >= 4 is 5.91 Å². The Kier molecular flexibility index (Phi) is 4.83. The van der Waals surface area contributed by atoms with Crippen LogP contribution in [0.1, 0.15) is 39.9 Å². The van der Waals surface area contributed by atoms with Gasteiger partial charge in [0.25, 0.3) is 0 Å². The second kappa shape index (κ2) is 7.43. The lowest BCUT2D eigenvalue weighted by Crippen LogP contribution is -2.66. The number of ether oxygens (including phenoxy) is 3. The SMILES string of the molecule is COc1c(C)c(OC)c(OC)c2c1C[C@H]1[C@@H]3N[C@@H](Cc4ccccc43)C(=O)N1[C@H]2CO. The van der Waals surface area contributed by atoms with Crippen molar-refractivity contribution in [2.24, 2.45) is 0 Å². The smallest absolute Gasteiger partial charge is 0.240 e. The third kappa shape index (κ3) is 2.69. The van der Waals surface area contributed by atoms with Gasteiger partial charge in [-0.3, -0.25) is 10.1 Å². The number of methoxy groups -OCH3 is 3. The molecule has 2 aromatic rings. The van der Waals surface area contributed by atoms with E-state index in [1.54, 1.807) is 21.3 Å². The quantitative estimate of drug-likeness (QED) is 0.782. The Morgan fingerprint density at radius 3 is 2.45 bits per heavy atom. The average molecular weight is 424 g/mol. The Balaban J connectivity index is 1.75. The molecule has 1 fully saturated rings. The van der Waals surface area contributed by atoms with E-state index in [0.717, 1.165) is 22.4 Å². The Morgan fingerprint density at radius 1 is 1.06 bits per heavy atom. The zero-order chi connectivity index (χ0) is 21.9. The van der Waals surface area contributed by atoms with E-state index in [0.29, 0.717) is 24.3 Å². The maximum absolute atomic E-state index is 13.6. The number of hydrogen-bond donors (Lipinski definition) is 2. The minimum absolute atomic E-state index is 0.00652. The molecule has 7 heteroatoms. The first-order chi connectivity index (χ1) is 15.0. The maximum atomic E-state index is 13.6. The molecule has 1 saturated heterocycles. The molecule has 3 aliphatic rings. The predicted octanol–water partition coefficient (Wildman–Crippen LogP) is 2.08. The van der Waals surface area contributed by atoms with Gasteiger partial charge in [0, 0.05) is 16.7 Å². The number of fused-ring (bicyclic) bond motifs is 7. The van der Waals surface area contributed by atoms with Crippen molar-refractivity contribution in [1.82, 2.24) is 10.2 Å². The Morgan fingerprint density at radius 2 is 1.77 bits per heavy atom. The van der Waals surface area contributed by atoms with Crippen molar-refractivity contribution in [2.75, 3.05) is 27.9 Å². The number of amides is 1. The first-order valence-electron chi connectivity index (χ1n) is 10.6. The second-order valence-corrected chi connectivity index (χ2v) is 8.43. The van der Waals surface area contributed by atoms with Crippen LogP contribution in [0.15, 0.2) is 24.3 Å². The predicted molar refractivity (Wildman–Crippen MR) is 115 cm³/mol.